The van der Waals surface area contributed by atoms with Crippen LogP contribution in [0.2, 0.25) is 5.02 Å². The summed E-state index contributed by atoms with van der Waals surface area (Å²) in [5.74, 6) is 0.331. The number of carbonyl (C=O) groups is 1. The van der Waals surface area contributed by atoms with Gasteiger partial charge in [-0.2, -0.15) is 4.98 Å². The van der Waals surface area contributed by atoms with Crippen molar-refractivity contribution in [2.75, 3.05) is 0 Å². The summed E-state index contributed by atoms with van der Waals surface area (Å²) < 4.78 is 18.1. The predicted molar refractivity (Wildman–Crippen MR) is 70.1 cm³/mol. The molecule has 6 heteroatoms. The minimum absolute atomic E-state index is 0.153. The maximum atomic E-state index is 13.0. The zero-order valence-corrected chi connectivity index (χ0v) is 11.4. The molecule has 1 saturated carbocycles. The third kappa shape index (κ3) is 2.58. The Morgan fingerprint density at radius 2 is 2.30 bits per heavy atom. The summed E-state index contributed by atoms with van der Waals surface area (Å²) in [6.07, 6.45) is 2.55. The summed E-state index contributed by atoms with van der Waals surface area (Å²) in [7, 11) is 0. The smallest absolute Gasteiger partial charge is 0.237 e. The summed E-state index contributed by atoms with van der Waals surface area (Å²) in [5, 5.41) is 4.19. The summed E-state index contributed by atoms with van der Waals surface area (Å²) in [6.45, 7) is 0. The van der Waals surface area contributed by atoms with Crippen LogP contribution in [0.3, 0.4) is 0 Å². The summed E-state index contributed by atoms with van der Waals surface area (Å²) in [6, 6.07) is 4.18. The first-order valence-electron chi connectivity index (χ1n) is 6.42. The van der Waals surface area contributed by atoms with Crippen LogP contribution in [0.4, 0.5) is 4.39 Å². The lowest BCUT2D eigenvalue weighted by atomic mass is 10.1. The second-order valence-corrected chi connectivity index (χ2v) is 5.28. The van der Waals surface area contributed by atoms with Crippen molar-refractivity contribution < 1.29 is 13.7 Å². The van der Waals surface area contributed by atoms with E-state index in [1.54, 1.807) is 6.07 Å². The molecule has 1 aliphatic carbocycles. The molecular weight excluding hydrogens is 283 g/mol. The van der Waals surface area contributed by atoms with Gasteiger partial charge in [0.2, 0.25) is 5.89 Å². The number of aromatic nitrogens is 2. The zero-order chi connectivity index (χ0) is 14.1. The quantitative estimate of drug-likeness (QED) is 0.871. The average Bonchev–Trinajstić information content (AvgIpc) is 3.01. The SMILES string of the molecule is O=C1CCCC1c1nc(Cc2ccc(F)cc2Cl)no1. The van der Waals surface area contributed by atoms with Crippen molar-refractivity contribution >= 4 is 17.4 Å². The normalized spacial score (nSPS) is 18.7. The molecule has 0 saturated heterocycles. The Kier molecular flexibility index (Phi) is 3.53. The van der Waals surface area contributed by atoms with Gasteiger partial charge < -0.3 is 4.52 Å². The third-order valence-corrected chi connectivity index (χ3v) is 3.80. The number of rotatable bonds is 3. The van der Waals surface area contributed by atoms with Crippen LogP contribution in [0.25, 0.3) is 0 Å². The van der Waals surface area contributed by atoms with E-state index in [4.69, 9.17) is 16.1 Å². The highest BCUT2D eigenvalue weighted by molar-refractivity contribution is 6.31. The lowest BCUT2D eigenvalue weighted by Crippen LogP contribution is -2.04. The molecule has 4 nitrogen and oxygen atoms in total. The van der Waals surface area contributed by atoms with Gasteiger partial charge >= 0.3 is 0 Å². The van der Waals surface area contributed by atoms with Crippen LogP contribution in [0.5, 0.6) is 0 Å². The second-order valence-electron chi connectivity index (χ2n) is 4.87. The highest BCUT2D eigenvalue weighted by atomic mass is 35.5. The third-order valence-electron chi connectivity index (χ3n) is 3.45. The summed E-state index contributed by atoms with van der Waals surface area (Å²) >= 11 is 5.96. The molecule has 104 valence electrons. The van der Waals surface area contributed by atoms with Crippen molar-refractivity contribution in [1.29, 1.82) is 0 Å². The van der Waals surface area contributed by atoms with E-state index < -0.39 is 0 Å². The number of hydrogen-bond donors (Lipinski definition) is 0. The first-order chi connectivity index (χ1) is 9.63. The topological polar surface area (TPSA) is 56.0 Å². The number of hydrogen-bond acceptors (Lipinski definition) is 4. The largest absolute Gasteiger partial charge is 0.339 e. The number of Topliss-reactive ketones (excluding diaryl/α,β-unsaturated/α-hetero) is 1. The second kappa shape index (κ2) is 5.32. The molecular formula is C14H12ClFN2O2. The van der Waals surface area contributed by atoms with Gasteiger partial charge in [0.15, 0.2) is 5.82 Å². The van der Waals surface area contributed by atoms with Gasteiger partial charge in [-0.25, -0.2) is 4.39 Å². The van der Waals surface area contributed by atoms with Crippen LogP contribution in [0, 0.1) is 5.82 Å². The lowest BCUT2D eigenvalue weighted by molar-refractivity contribution is -0.119. The zero-order valence-electron chi connectivity index (χ0n) is 10.6. The van der Waals surface area contributed by atoms with Gasteiger partial charge in [-0.15, -0.1) is 0 Å². The van der Waals surface area contributed by atoms with Gasteiger partial charge in [-0.05, 0) is 30.5 Å². The molecule has 1 aliphatic rings. The lowest BCUT2D eigenvalue weighted by Gasteiger charge is -2.01. The Hall–Kier alpha value is -1.75. The molecule has 1 heterocycles. The molecule has 1 aromatic heterocycles. The Morgan fingerprint density at radius 1 is 1.45 bits per heavy atom. The van der Waals surface area contributed by atoms with Gasteiger partial charge in [0.1, 0.15) is 11.6 Å². The molecule has 0 bridgehead atoms. The molecule has 2 aromatic rings. The molecule has 1 fully saturated rings. The van der Waals surface area contributed by atoms with Gasteiger partial charge in [0.25, 0.3) is 0 Å². The standard InChI is InChI=1S/C14H12ClFN2O2/c15-11-7-9(16)5-4-8(11)6-13-17-14(20-18-13)10-2-1-3-12(10)19/h4-5,7,10H,1-3,6H2. The number of benzene rings is 1. The fourth-order valence-corrected chi connectivity index (χ4v) is 2.63. The van der Waals surface area contributed by atoms with Crippen LogP contribution in [0.15, 0.2) is 22.7 Å². The maximum Gasteiger partial charge on any atom is 0.237 e. The molecule has 0 aliphatic heterocycles. The van der Waals surface area contributed by atoms with Crippen molar-refractivity contribution in [2.24, 2.45) is 0 Å². The molecule has 1 unspecified atom stereocenters. The molecule has 0 amide bonds. The first kappa shape index (κ1) is 13.2. The van der Waals surface area contributed by atoms with E-state index in [9.17, 15) is 9.18 Å². The fraction of sp³-hybridized carbons (Fsp3) is 0.357. The molecule has 0 radical (unpaired) electrons. The van der Waals surface area contributed by atoms with Crippen molar-refractivity contribution in [3.63, 3.8) is 0 Å². The van der Waals surface area contributed by atoms with E-state index in [-0.39, 0.29) is 17.5 Å². The van der Waals surface area contributed by atoms with E-state index in [2.05, 4.69) is 10.1 Å². The number of halogens is 2. The Balaban J connectivity index is 1.78. The van der Waals surface area contributed by atoms with Gasteiger partial charge in [0, 0.05) is 17.9 Å². The molecule has 0 spiro atoms. The van der Waals surface area contributed by atoms with Gasteiger partial charge in [-0.1, -0.05) is 22.8 Å². The minimum atomic E-state index is -0.385. The molecule has 1 atom stereocenters. The first-order valence-corrected chi connectivity index (χ1v) is 6.80. The van der Waals surface area contributed by atoms with E-state index in [1.807, 2.05) is 0 Å². The number of ketones is 1. The maximum absolute atomic E-state index is 13.0. The van der Waals surface area contributed by atoms with Crippen LogP contribution >= 0.6 is 11.6 Å². The van der Waals surface area contributed by atoms with Crippen molar-refractivity contribution in [3.8, 4) is 0 Å². The van der Waals surface area contributed by atoms with Crippen LogP contribution < -0.4 is 0 Å². The molecule has 20 heavy (non-hydrogen) atoms. The monoisotopic (exact) mass is 294 g/mol. The van der Waals surface area contributed by atoms with Crippen molar-refractivity contribution in [1.82, 2.24) is 10.1 Å². The summed E-state index contributed by atoms with van der Waals surface area (Å²) in [4.78, 5) is 15.9. The van der Waals surface area contributed by atoms with E-state index in [0.29, 0.717) is 29.6 Å². The number of carbonyl (C=O) groups excluding carboxylic acids is 1. The Bertz CT molecular complexity index is 656. The minimum Gasteiger partial charge on any atom is -0.339 e. The highest BCUT2D eigenvalue weighted by Crippen LogP contribution is 2.30. The average molecular weight is 295 g/mol. The summed E-state index contributed by atoms with van der Waals surface area (Å²) in [5.41, 5.74) is 0.721. The van der Waals surface area contributed by atoms with Gasteiger partial charge in [0.05, 0.1) is 5.92 Å². The van der Waals surface area contributed by atoms with E-state index in [0.717, 1.165) is 18.4 Å². The Labute approximate surface area is 119 Å². The van der Waals surface area contributed by atoms with Crippen LogP contribution in [0.1, 0.15) is 42.5 Å². The van der Waals surface area contributed by atoms with E-state index >= 15 is 0 Å². The van der Waals surface area contributed by atoms with Gasteiger partial charge in [-0.3, -0.25) is 4.79 Å². The fourth-order valence-electron chi connectivity index (χ4n) is 2.39. The molecule has 3 rings (SSSR count). The highest BCUT2D eigenvalue weighted by Gasteiger charge is 2.30. The number of nitrogens with zero attached hydrogens (tertiary/aromatic N) is 2. The van der Waals surface area contributed by atoms with Crippen LogP contribution in [-0.2, 0) is 11.2 Å². The van der Waals surface area contributed by atoms with Crippen molar-refractivity contribution in [3.05, 3.63) is 46.3 Å². The predicted octanol–water partition coefficient (Wildman–Crippen LogP) is 3.29. The van der Waals surface area contributed by atoms with Crippen molar-refractivity contribution in [2.45, 2.75) is 31.6 Å². The van der Waals surface area contributed by atoms with E-state index in [1.165, 1.54) is 12.1 Å². The Morgan fingerprint density at radius 3 is 3.00 bits per heavy atom. The van der Waals surface area contributed by atoms with Crippen LogP contribution in [-0.4, -0.2) is 15.9 Å². The molecule has 1 aromatic carbocycles. The molecule has 0 N–H and O–H groups in total.